The lowest BCUT2D eigenvalue weighted by molar-refractivity contribution is 0.104. The zero-order valence-corrected chi connectivity index (χ0v) is 14.7. The summed E-state index contributed by atoms with van der Waals surface area (Å²) >= 11 is 5.44. The summed E-state index contributed by atoms with van der Waals surface area (Å²) < 4.78 is 3.43. The average Bonchev–Trinajstić information content (AvgIpc) is 2.79. The highest BCUT2D eigenvalue weighted by Crippen LogP contribution is 2.16. The largest absolute Gasteiger partial charge is 0.391 e. The number of likely N-dealkylation sites (tertiary alicyclic amines) is 1. The number of aromatic nitrogens is 2. The second kappa shape index (κ2) is 6.78. The van der Waals surface area contributed by atoms with Crippen molar-refractivity contribution in [2.45, 2.75) is 25.9 Å². The van der Waals surface area contributed by atoms with Crippen LogP contribution in [0, 0.1) is 6.92 Å². The predicted octanol–water partition coefficient (Wildman–Crippen LogP) is 1.64. The summed E-state index contributed by atoms with van der Waals surface area (Å²) in [5.41, 5.74) is 1.96. The van der Waals surface area contributed by atoms with Gasteiger partial charge >= 0.3 is 0 Å². The summed E-state index contributed by atoms with van der Waals surface area (Å²) in [7, 11) is 1.85. The van der Waals surface area contributed by atoms with E-state index >= 15 is 0 Å². The highest BCUT2D eigenvalue weighted by molar-refractivity contribution is 7.80. The summed E-state index contributed by atoms with van der Waals surface area (Å²) in [6.07, 6.45) is 1.33. The van der Waals surface area contributed by atoms with Gasteiger partial charge in [0.15, 0.2) is 5.11 Å². The molecule has 6 nitrogen and oxygen atoms in total. The maximum Gasteiger partial charge on any atom is 0.295 e. The Labute approximate surface area is 146 Å². The zero-order chi connectivity index (χ0) is 17.3. The van der Waals surface area contributed by atoms with Crippen molar-refractivity contribution in [3.8, 4) is 5.69 Å². The number of hydrogen-bond acceptors (Lipinski definition) is 3. The summed E-state index contributed by atoms with van der Waals surface area (Å²) in [4.78, 5) is 14.8. The van der Waals surface area contributed by atoms with Crippen LogP contribution in [0.5, 0.6) is 0 Å². The van der Waals surface area contributed by atoms with E-state index in [9.17, 15) is 9.90 Å². The molecule has 1 fully saturated rings. The smallest absolute Gasteiger partial charge is 0.295 e. The van der Waals surface area contributed by atoms with Crippen LogP contribution in [-0.4, -0.2) is 43.7 Å². The summed E-state index contributed by atoms with van der Waals surface area (Å²) in [5, 5.41) is 13.4. The fourth-order valence-electron chi connectivity index (χ4n) is 3.04. The number of anilines is 1. The molecular weight excluding hydrogens is 324 g/mol. The van der Waals surface area contributed by atoms with Crippen LogP contribution in [-0.2, 0) is 7.05 Å². The number of aliphatic hydroxyl groups excluding tert-OH is 1. The number of nitrogens with zero attached hydrogens (tertiary/aromatic N) is 3. The van der Waals surface area contributed by atoms with Gasteiger partial charge in [-0.05, 0) is 44.1 Å². The van der Waals surface area contributed by atoms with Gasteiger partial charge in [-0.25, -0.2) is 4.68 Å². The molecule has 24 heavy (non-hydrogen) atoms. The number of rotatable bonds is 2. The Hall–Kier alpha value is -2.12. The lowest BCUT2D eigenvalue weighted by atomic mass is 10.1. The number of β-amino-alcohol motifs (C(OH)–C–C–N with tert-alkyl or cyclic N) is 1. The van der Waals surface area contributed by atoms with Gasteiger partial charge < -0.3 is 15.3 Å². The molecule has 0 spiro atoms. The van der Waals surface area contributed by atoms with Crippen LogP contribution in [0.3, 0.4) is 0 Å². The monoisotopic (exact) mass is 346 g/mol. The van der Waals surface area contributed by atoms with E-state index in [0.29, 0.717) is 17.3 Å². The molecule has 1 aromatic heterocycles. The SMILES string of the molecule is Cc1c(NC(=S)N2CCCC(O)C2)c(=O)n(-c2ccccc2)n1C. The first-order chi connectivity index (χ1) is 11.5. The van der Waals surface area contributed by atoms with Gasteiger partial charge in [0, 0.05) is 20.1 Å². The van der Waals surface area contributed by atoms with Crippen molar-refractivity contribution in [1.29, 1.82) is 0 Å². The number of para-hydroxylation sites is 1. The molecule has 1 saturated heterocycles. The summed E-state index contributed by atoms with van der Waals surface area (Å²) in [6.45, 7) is 3.18. The van der Waals surface area contributed by atoms with Crippen molar-refractivity contribution in [3.63, 3.8) is 0 Å². The van der Waals surface area contributed by atoms with Gasteiger partial charge in [-0.2, -0.15) is 0 Å². The van der Waals surface area contributed by atoms with Crippen LogP contribution < -0.4 is 10.9 Å². The van der Waals surface area contributed by atoms with Crippen LogP contribution >= 0.6 is 12.2 Å². The molecule has 7 heteroatoms. The second-order valence-electron chi connectivity index (χ2n) is 6.11. The van der Waals surface area contributed by atoms with Gasteiger partial charge in [-0.15, -0.1) is 0 Å². The van der Waals surface area contributed by atoms with E-state index in [1.165, 1.54) is 0 Å². The lowest BCUT2D eigenvalue weighted by Crippen LogP contribution is -2.44. The van der Waals surface area contributed by atoms with Gasteiger partial charge in [0.2, 0.25) is 0 Å². The van der Waals surface area contributed by atoms with Crippen molar-refractivity contribution >= 4 is 23.0 Å². The molecule has 1 aliphatic rings. The zero-order valence-electron chi connectivity index (χ0n) is 13.9. The molecule has 128 valence electrons. The molecule has 1 aliphatic heterocycles. The normalized spacial score (nSPS) is 17.8. The number of nitrogens with one attached hydrogen (secondary N) is 1. The number of hydrogen-bond donors (Lipinski definition) is 2. The van der Waals surface area contributed by atoms with Crippen molar-refractivity contribution in [1.82, 2.24) is 14.3 Å². The first-order valence-electron chi connectivity index (χ1n) is 8.07. The maximum absolute atomic E-state index is 12.8. The number of benzene rings is 1. The lowest BCUT2D eigenvalue weighted by Gasteiger charge is -2.32. The van der Waals surface area contributed by atoms with Crippen molar-refractivity contribution in [2.75, 3.05) is 18.4 Å². The Balaban J connectivity index is 1.89. The quantitative estimate of drug-likeness (QED) is 0.810. The molecular formula is C17H22N4O2S. The fraction of sp³-hybridized carbons (Fsp3) is 0.412. The van der Waals surface area contributed by atoms with Crippen LogP contribution in [0.1, 0.15) is 18.5 Å². The molecule has 0 saturated carbocycles. The first kappa shape index (κ1) is 16.7. The van der Waals surface area contributed by atoms with E-state index in [0.717, 1.165) is 30.8 Å². The standard InChI is InChI=1S/C17H22N4O2S/c1-12-15(18-17(24)20-10-6-9-14(22)11-20)16(23)21(19(12)2)13-7-4-3-5-8-13/h3-5,7-8,14,22H,6,9-11H2,1-2H3,(H,18,24). The van der Waals surface area contributed by atoms with Gasteiger partial charge in [-0.3, -0.25) is 9.48 Å². The Kier molecular flexibility index (Phi) is 4.73. The van der Waals surface area contributed by atoms with Gasteiger partial charge in [0.05, 0.1) is 17.5 Å². The van der Waals surface area contributed by atoms with Crippen molar-refractivity contribution in [3.05, 3.63) is 46.4 Å². The van der Waals surface area contributed by atoms with E-state index < -0.39 is 0 Å². The minimum Gasteiger partial charge on any atom is -0.391 e. The van der Waals surface area contributed by atoms with E-state index in [1.807, 2.05) is 53.9 Å². The molecule has 3 rings (SSSR count). The fourth-order valence-corrected chi connectivity index (χ4v) is 3.31. The Bertz CT molecular complexity index is 797. The average molecular weight is 346 g/mol. The number of thiocarbonyl (C=S) groups is 1. The molecule has 1 atom stereocenters. The van der Waals surface area contributed by atoms with E-state index in [2.05, 4.69) is 5.32 Å². The van der Waals surface area contributed by atoms with Gasteiger partial charge in [-0.1, -0.05) is 18.2 Å². The second-order valence-corrected chi connectivity index (χ2v) is 6.50. The maximum atomic E-state index is 12.8. The molecule has 1 unspecified atom stereocenters. The molecule has 1 aromatic carbocycles. The molecule has 2 aromatic rings. The summed E-state index contributed by atoms with van der Waals surface area (Å²) in [5.74, 6) is 0. The summed E-state index contributed by atoms with van der Waals surface area (Å²) in [6, 6.07) is 9.50. The highest BCUT2D eigenvalue weighted by atomic mass is 32.1. The minimum absolute atomic E-state index is 0.138. The van der Waals surface area contributed by atoms with Crippen molar-refractivity contribution < 1.29 is 5.11 Å². The molecule has 0 amide bonds. The Morgan fingerprint density at radius 1 is 1.33 bits per heavy atom. The van der Waals surface area contributed by atoms with Crippen molar-refractivity contribution in [2.24, 2.45) is 7.05 Å². The highest BCUT2D eigenvalue weighted by Gasteiger charge is 2.22. The number of aliphatic hydroxyl groups is 1. The van der Waals surface area contributed by atoms with Gasteiger partial charge in [0.25, 0.3) is 5.56 Å². The molecule has 2 N–H and O–H groups in total. The van der Waals surface area contributed by atoms with Gasteiger partial charge in [0.1, 0.15) is 5.69 Å². The number of piperidine rings is 1. The molecule has 0 aliphatic carbocycles. The van der Waals surface area contributed by atoms with Crippen LogP contribution in [0.4, 0.5) is 5.69 Å². The van der Waals surface area contributed by atoms with Crippen LogP contribution in [0.25, 0.3) is 5.69 Å². The molecule has 2 heterocycles. The molecule has 0 radical (unpaired) electrons. The van der Waals surface area contributed by atoms with E-state index in [-0.39, 0.29) is 11.7 Å². The Morgan fingerprint density at radius 3 is 2.71 bits per heavy atom. The predicted molar refractivity (Wildman–Crippen MR) is 98.8 cm³/mol. The third-order valence-corrected chi connectivity index (χ3v) is 4.83. The molecule has 0 bridgehead atoms. The van der Waals surface area contributed by atoms with Crippen LogP contribution in [0.15, 0.2) is 35.1 Å². The minimum atomic E-state index is -0.364. The third-order valence-electron chi connectivity index (χ3n) is 4.47. The van der Waals surface area contributed by atoms with E-state index in [4.69, 9.17) is 12.2 Å². The topological polar surface area (TPSA) is 62.4 Å². The van der Waals surface area contributed by atoms with E-state index in [1.54, 1.807) is 4.68 Å². The van der Waals surface area contributed by atoms with Crippen LogP contribution in [0.2, 0.25) is 0 Å². The first-order valence-corrected chi connectivity index (χ1v) is 8.48. The third kappa shape index (κ3) is 3.09. The Morgan fingerprint density at radius 2 is 2.04 bits per heavy atom.